The Balaban J connectivity index is 1.51. The predicted octanol–water partition coefficient (Wildman–Crippen LogP) is 3.84. The normalized spacial score (nSPS) is 15.3. The van der Waals surface area contributed by atoms with Crippen LogP contribution < -0.4 is 5.73 Å². The van der Waals surface area contributed by atoms with Gasteiger partial charge in [-0.05, 0) is 75.1 Å². The molecule has 1 saturated heterocycles. The van der Waals surface area contributed by atoms with E-state index in [0.717, 1.165) is 28.2 Å². The first-order valence-electron chi connectivity index (χ1n) is 11.6. The van der Waals surface area contributed by atoms with Crippen molar-refractivity contribution in [1.29, 1.82) is 5.26 Å². The molecule has 2 aromatic heterocycles. The number of imidazole rings is 1. The summed E-state index contributed by atoms with van der Waals surface area (Å²) in [5, 5.41) is 9.41. The van der Waals surface area contributed by atoms with Crippen LogP contribution in [0.25, 0.3) is 11.4 Å². The maximum atomic E-state index is 13.0. The van der Waals surface area contributed by atoms with Gasteiger partial charge in [0.15, 0.2) is 5.82 Å². The zero-order valence-corrected chi connectivity index (χ0v) is 19.6. The SMILES string of the molecule is Cc1nc(CN2CCC(C(F)(F)F)CC2)cn1Cc1cc(C#N)ccc1-c1ncc(CCN)cn1. The molecule has 0 aliphatic carbocycles. The van der Waals surface area contributed by atoms with Gasteiger partial charge in [0.25, 0.3) is 0 Å². The number of piperidine rings is 1. The fourth-order valence-corrected chi connectivity index (χ4v) is 4.44. The molecule has 3 aromatic rings. The summed E-state index contributed by atoms with van der Waals surface area (Å²) in [6.45, 7) is 4.20. The topological polar surface area (TPSA) is 96.7 Å². The molecule has 1 aliphatic rings. The van der Waals surface area contributed by atoms with E-state index in [4.69, 9.17) is 5.73 Å². The lowest BCUT2D eigenvalue weighted by Crippen LogP contribution is -2.38. The van der Waals surface area contributed by atoms with E-state index in [1.165, 1.54) is 0 Å². The van der Waals surface area contributed by atoms with Crippen molar-refractivity contribution in [2.75, 3.05) is 19.6 Å². The quantitative estimate of drug-likeness (QED) is 0.549. The number of benzene rings is 1. The van der Waals surface area contributed by atoms with Crippen LogP contribution >= 0.6 is 0 Å². The molecule has 0 amide bonds. The van der Waals surface area contributed by atoms with Crippen molar-refractivity contribution in [2.24, 2.45) is 11.7 Å². The first kappa shape index (κ1) is 24.8. The van der Waals surface area contributed by atoms with Crippen LogP contribution in [0.15, 0.2) is 36.8 Å². The lowest BCUT2D eigenvalue weighted by atomic mass is 9.96. The van der Waals surface area contributed by atoms with Crippen LogP contribution in [0.4, 0.5) is 13.2 Å². The Morgan fingerprint density at radius 2 is 1.86 bits per heavy atom. The average molecular weight is 484 g/mol. The largest absolute Gasteiger partial charge is 0.391 e. The van der Waals surface area contributed by atoms with E-state index in [2.05, 4.69) is 21.0 Å². The number of halogens is 3. The third-order valence-corrected chi connectivity index (χ3v) is 6.42. The molecule has 2 N–H and O–H groups in total. The van der Waals surface area contributed by atoms with Crippen molar-refractivity contribution in [1.82, 2.24) is 24.4 Å². The molecule has 7 nitrogen and oxygen atoms in total. The number of alkyl halides is 3. The Labute approximate surface area is 202 Å². The fraction of sp³-hybridized carbons (Fsp3) is 0.440. The molecule has 10 heteroatoms. The van der Waals surface area contributed by atoms with Gasteiger partial charge in [-0.1, -0.05) is 0 Å². The van der Waals surface area contributed by atoms with Crippen LogP contribution in [0, 0.1) is 24.2 Å². The number of hydrogen-bond acceptors (Lipinski definition) is 6. The van der Waals surface area contributed by atoms with Crippen molar-refractivity contribution in [3.05, 3.63) is 65.0 Å². The van der Waals surface area contributed by atoms with E-state index in [0.29, 0.717) is 50.5 Å². The molecule has 184 valence electrons. The highest BCUT2D eigenvalue weighted by Crippen LogP contribution is 2.34. The second-order valence-corrected chi connectivity index (χ2v) is 8.94. The van der Waals surface area contributed by atoms with E-state index < -0.39 is 12.1 Å². The van der Waals surface area contributed by atoms with Gasteiger partial charge in [0.05, 0.1) is 23.2 Å². The molecule has 0 saturated carbocycles. The van der Waals surface area contributed by atoms with Gasteiger partial charge in [0.2, 0.25) is 0 Å². The lowest BCUT2D eigenvalue weighted by Gasteiger charge is -2.32. The third-order valence-electron chi connectivity index (χ3n) is 6.42. The second-order valence-electron chi connectivity index (χ2n) is 8.94. The number of aryl methyl sites for hydroxylation is 1. The minimum Gasteiger partial charge on any atom is -0.330 e. The van der Waals surface area contributed by atoms with Gasteiger partial charge in [-0.15, -0.1) is 0 Å². The van der Waals surface area contributed by atoms with Crippen molar-refractivity contribution < 1.29 is 13.2 Å². The van der Waals surface area contributed by atoms with Crippen LogP contribution in [-0.4, -0.2) is 50.2 Å². The average Bonchev–Trinajstić information content (AvgIpc) is 3.18. The number of rotatable bonds is 7. The summed E-state index contributed by atoms with van der Waals surface area (Å²) >= 11 is 0. The number of nitrogens with two attached hydrogens (primary N) is 1. The molecule has 0 bridgehead atoms. The van der Waals surface area contributed by atoms with Gasteiger partial charge in [-0.2, -0.15) is 18.4 Å². The van der Waals surface area contributed by atoms with Gasteiger partial charge in [0, 0.05) is 37.2 Å². The number of likely N-dealkylation sites (tertiary alicyclic amines) is 1. The maximum absolute atomic E-state index is 13.0. The molecule has 0 atom stereocenters. The van der Waals surface area contributed by atoms with Crippen molar-refractivity contribution >= 4 is 0 Å². The van der Waals surface area contributed by atoms with Crippen LogP contribution in [-0.2, 0) is 19.5 Å². The monoisotopic (exact) mass is 483 g/mol. The van der Waals surface area contributed by atoms with Crippen LogP contribution in [0.5, 0.6) is 0 Å². The summed E-state index contributed by atoms with van der Waals surface area (Å²) in [5.74, 6) is 0.143. The molecule has 3 heterocycles. The fourth-order valence-electron chi connectivity index (χ4n) is 4.44. The van der Waals surface area contributed by atoms with Crippen molar-refractivity contribution in [3.63, 3.8) is 0 Å². The van der Waals surface area contributed by atoms with Crippen LogP contribution in [0.3, 0.4) is 0 Å². The Morgan fingerprint density at radius 1 is 1.14 bits per heavy atom. The Morgan fingerprint density at radius 3 is 2.49 bits per heavy atom. The molecule has 1 aromatic carbocycles. The minimum atomic E-state index is -4.12. The van der Waals surface area contributed by atoms with Crippen molar-refractivity contribution in [2.45, 2.75) is 45.5 Å². The highest BCUT2D eigenvalue weighted by atomic mass is 19.4. The van der Waals surface area contributed by atoms with E-state index in [-0.39, 0.29) is 12.8 Å². The number of hydrogen-bond donors (Lipinski definition) is 1. The second kappa shape index (κ2) is 10.5. The Bertz CT molecular complexity index is 1190. The van der Waals surface area contributed by atoms with Crippen molar-refractivity contribution in [3.8, 4) is 17.5 Å². The summed E-state index contributed by atoms with van der Waals surface area (Å²) in [6, 6.07) is 7.60. The molecule has 1 aliphatic heterocycles. The first-order chi connectivity index (χ1) is 16.8. The smallest absolute Gasteiger partial charge is 0.330 e. The summed E-state index contributed by atoms with van der Waals surface area (Å²) in [7, 11) is 0. The van der Waals surface area contributed by atoms with E-state index in [9.17, 15) is 18.4 Å². The highest BCUT2D eigenvalue weighted by Gasteiger charge is 2.41. The molecular formula is C25H28F3N7. The third kappa shape index (κ3) is 6.05. The molecule has 1 fully saturated rings. The molecule has 4 rings (SSSR count). The lowest BCUT2D eigenvalue weighted by molar-refractivity contribution is -0.185. The van der Waals surface area contributed by atoms with Gasteiger partial charge >= 0.3 is 6.18 Å². The summed E-state index contributed by atoms with van der Waals surface area (Å²) in [5.41, 5.74) is 9.62. The highest BCUT2D eigenvalue weighted by molar-refractivity contribution is 5.62. The minimum absolute atomic E-state index is 0.123. The van der Waals surface area contributed by atoms with Crippen LogP contribution in [0.1, 0.15) is 41.1 Å². The zero-order valence-electron chi connectivity index (χ0n) is 19.6. The number of nitriles is 1. The number of aromatic nitrogens is 4. The molecule has 0 spiro atoms. The van der Waals surface area contributed by atoms with Crippen LogP contribution in [0.2, 0.25) is 0 Å². The number of nitrogens with zero attached hydrogens (tertiary/aromatic N) is 6. The molecule has 0 radical (unpaired) electrons. The Kier molecular flexibility index (Phi) is 7.48. The Hall–Kier alpha value is -3.29. The first-order valence-corrected chi connectivity index (χ1v) is 11.6. The van der Waals surface area contributed by atoms with Gasteiger partial charge in [-0.25, -0.2) is 15.0 Å². The molecule has 0 unspecified atom stereocenters. The predicted molar refractivity (Wildman–Crippen MR) is 125 cm³/mol. The van der Waals surface area contributed by atoms with Gasteiger partial charge in [0.1, 0.15) is 5.82 Å². The van der Waals surface area contributed by atoms with Gasteiger partial charge < -0.3 is 10.3 Å². The summed E-state index contributed by atoms with van der Waals surface area (Å²) < 4.78 is 40.8. The van der Waals surface area contributed by atoms with E-state index >= 15 is 0 Å². The molecule has 35 heavy (non-hydrogen) atoms. The standard InChI is InChI=1S/C25H28F3N7/c1-17-33-22(15-34-8-5-21(6-9-34)25(26,27)28)16-35(17)14-20-10-18(11-30)2-3-23(20)24-31-12-19(4-7-29)13-32-24/h2-3,10,12-13,16,21H,4-9,14-15,29H2,1H3. The summed E-state index contributed by atoms with van der Waals surface area (Å²) in [6.07, 6.45) is 2.29. The summed E-state index contributed by atoms with van der Waals surface area (Å²) in [4.78, 5) is 15.6. The maximum Gasteiger partial charge on any atom is 0.391 e. The van der Waals surface area contributed by atoms with E-state index in [1.807, 2.05) is 34.7 Å². The molecular weight excluding hydrogens is 455 g/mol. The van der Waals surface area contributed by atoms with Gasteiger partial charge in [-0.3, -0.25) is 4.90 Å². The zero-order chi connectivity index (χ0) is 25.0. The van der Waals surface area contributed by atoms with E-state index in [1.54, 1.807) is 18.5 Å².